The maximum atomic E-state index is 13.0. The first-order valence-corrected chi connectivity index (χ1v) is 8.06. The first-order chi connectivity index (χ1) is 10.3. The average molecular weight is 287 g/mol. The SMILES string of the molecule is Cc1ccc(C(C(=O)N2CCCC2)N2CCNCC2)cc1. The van der Waals surface area contributed by atoms with Crippen LogP contribution in [-0.2, 0) is 4.79 Å². The number of amides is 1. The Bertz CT molecular complexity index is 473. The second-order valence-electron chi connectivity index (χ2n) is 6.13. The smallest absolute Gasteiger partial charge is 0.244 e. The van der Waals surface area contributed by atoms with Gasteiger partial charge in [0, 0.05) is 39.3 Å². The largest absolute Gasteiger partial charge is 0.341 e. The Kier molecular flexibility index (Phi) is 4.56. The highest BCUT2D eigenvalue weighted by atomic mass is 16.2. The second-order valence-corrected chi connectivity index (χ2v) is 6.13. The van der Waals surface area contributed by atoms with E-state index in [9.17, 15) is 4.79 Å². The van der Waals surface area contributed by atoms with Crippen LogP contribution in [0.25, 0.3) is 0 Å². The molecule has 2 aliphatic rings. The zero-order valence-corrected chi connectivity index (χ0v) is 12.8. The highest BCUT2D eigenvalue weighted by molar-refractivity contribution is 5.83. The van der Waals surface area contributed by atoms with Gasteiger partial charge in [0.05, 0.1) is 0 Å². The van der Waals surface area contributed by atoms with Gasteiger partial charge in [-0.2, -0.15) is 0 Å². The number of carbonyl (C=O) groups excluding carboxylic acids is 1. The van der Waals surface area contributed by atoms with Gasteiger partial charge in [0.25, 0.3) is 0 Å². The fourth-order valence-corrected chi connectivity index (χ4v) is 3.31. The molecule has 0 bridgehead atoms. The van der Waals surface area contributed by atoms with Gasteiger partial charge in [-0.25, -0.2) is 0 Å². The lowest BCUT2D eigenvalue weighted by atomic mass is 10.0. The van der Waals surface area contributed by atoms with Crippen LogP contribution in [0.2, 0.25) is 0 Å². The maximum absolute atomic E-state index is 13.0. The second kappa shape index (κ2) is 6.58. The molecule has 0 spiro atoms. The van der Waals surface area contributed by atoms with Crippen molar-refractivity contribution in [2.45, 2.75) is 25.8 Å². The third kappa shape index (κ3) is 3.27. The number of benzene rings is 1. The van der Waals surface area contributed by atoms with Gasteiger partial charge < -0.3 is 10.2 Å². The molecule has 0 saturated carbocycles. The first kappa shape index (κ1) is 14.5. The molecule has 2 saturated heterocycles. The Balaban J connectivity index is 1.85. The van der Waals surface area contributed by atoms with E-state index in [4.69, 9.17) is 0 Å². The summed E-state index contributed by atoms with van der Waals surface area (Å²) in [7, 11) is 0. The lowest BCUT2D eigenvalue weighted by Crippen LogP contribution is -2.49. The summed E-state index contributed by atoms with van der Waals surface area (Å²) in [5, 5.41) is 3.37. The molecule has 1 aromatic rings. The van der Waals surface area contributed by atoms with Crippen molar-refractivity contribution >= 4 is 5.91 Å². The van der Waals surface area contributed by atoms with Crippen molar-refractivity contribution in [2.75, 3.05) is 39.3 Å². The highest BCUT2D eigenvalue weighted by Crippen LogP contribution is 2.26. The summed E-state index contributed by atoms with van der Waals surface area (Å²) >= 11 is 0. The van der Waals surface area contributed by atoms with Gasteiger partial charge in [-0.1, -0.05) is 29.8 Å². The molecule has 1 amide bonds. The van der Waals surface area contributed by atoms with Crippen molar-refractivity contribution in [2.24, 2.45) is 0 Å². The summed E-state index contributed by atoms with van der Waals surface area (Å²) in [5.41, 5.74) is 2.38. The van der Waals surface area contributed by atoms with Gasteiger partial charge in [-0.05, 0) is 25.3 Å². The Labute approximate surface area is 127 Å². The molecule has 2 fully saturated rings. The molecule has 2 aliphatic heterocycles. The van der Waals surface area contributed by atoms with E-state index in [1.165, 1.54) is 5.56 Å². The molecule has 0 aromatic heterocycles. The molecule has 114 valence electrons. The van der Waals surface area contributed by atoms with Crippen LogP contribution in [0.15, 0.2) is 24.3 Å². The quantitative estimate of drug-likeness (QED) is 0.916. The molecule has 4 heteroatoms. The van der Waals surface area contributed by atoms with Crippen LogP contribution >= 0.6 is 0 Å². The number of hydrogen-bond acceptors (Lipinski definition) is 3. The van der Waals surface area contributed by atoms with E-state index in [0.29, 0.717) is 5.91 Å². The van der Waals surface area contributed by atoms with Gasteiger partial charge in [-0.3, -0.25) is 9.69 Å². The Morgan fingerprint density at radius 3 is 2.29 bits per heavy atom. The number of nitrogens with zero attached hydrogens (tertiary/aromatic N) is 2. The van der Waals surface area contributed by atoms with Crippen LogP contribution < -0.4 is 5.32 Å². The van der Waals surface area contributed by atoms with Crippen molar-refractivity contribution in [3.63, 3.8) is 0 Å². The van der Waals surface area contributed by atoms with E-state index in [-0.39, 0.29) is 6.04 Å². The molecular formula is C17H25N3O. The van der Waals surface area contributed by atoms with Gasteiger partial charge in [0.15, 0.2) is 0 Å². The van der Waals surface area contributed by atoms with Crippen molar-refractivity contribution < 1.29 is 4.79 Å². The molecule has 3 rings (SSSR count). The van der Waals surface area contributed by atoms with Crippen LogP contribution in [0.5, 0.6) is 0 Å². The lowest BCUT2D eigenvalue weighted by molar-refractivity contribution is -0.136. The Morgan fingerprint density at radius 2 is 1.67 bits per heavy atom. The predicted octanol–water partition coefficient (Wildman–Crippen LogP) is 1.56. The van der Waals surface area contributed by atoms with Crippen molar-refractivity contribution in [1.29, 1.82) is 0 Å². The van der Waals surface area contributed by atoms with Crippen molar-refractivity contribution in [3.8, 4) is 0 Å². The van der Waals surface area contributed by atoms with Crippen LogP contribution in [0.3, 0.4) is 0 Å². The number of aryl methyl sites for hydroxylation is 1. The molecular weight excluding hydrogens is 262 g/mol. The van der Waals surface area contributed by atoms with Crippen molar-refractivity contribution in [3.05, 3.63) is 35.4 Å². The first-order valence-electron chi connectivity index (χ1n) is 8.06. The van der Waals surface area contributed by atoms with E-state index >= 15 is 0 Å². The number of nitrogens with one attached hydrogen (secondary N) is 1. The average Bonchev–Trinajstić information content (AvgIpc) is 3.05. The summed E-state index contributed by atoms with van der Waals surface area (Å²) < 4.78 is 0. The van der Waals surface area contributed by atoms with Gasteiger partial charge >= 0.3 is 0 Å². The normalized spacial score (nSPS) is 21.5. The molecule has 2 heterocycles. The van der Waals surface area contributed by atoms with Crippen LogP contribution in [0.4, 0.5) is 0 Å². The summed E-state index contributed by atoms with van der Waals surface area (Å²) in [5.74, 6) is 0.290. The number of hydrogen-bond donors (Lipinski definition) is 1. The van der Waals surface area contributed by atoms with Gasteiger partial charge in [-0.15, -0.1) is 0 Å². The molecule has 4 nitrogen and oxygen atoms in total. The summed E-state index contributed by atoms with van der Waals surface area (Å²) in [6.07, 6.45) is 2.29. The fraction of sp³-hybridized carbons (Fsp3) is 0.588. The fourth-order valence-electron chi connectivity index (χ4n) is 3.31. The van der Waals surface area contributed by atoms with Crippen molar-refractivity contribution in [1.82, 2.24) is 15.1 Å². The molecule has 1 unspecified atom stereocenters. The van der Waals surface area contributed by atoms with E-state index in [1.54, 1.807) is 0 Å². The number of piperazine rings is 1. The molecule has 1 atom stereocenters. The molecule has 21 heavy (non-hydrogen) atoms. The zero-order chi connectivity index (χ0) is 14.7. The zero-order valence-electron chi connectivity index (χ0n) is 12.8. The Morgan fingerprint density at radius 1 is 1.05 bits per heavy atom. The minimum absolute atomic E-state index is 0.106. The topological polar surface area (TPSA) is 35.6 Å². The third-order valence-corrected chi connectivity index (χ3v) is 4.56. The van der Waals surface area contributed by atoms with E-state index < -0.39 is 0 Å². The molecule has 1 aromatic carbocycles. The van der Waals surface area contributed by atoms with Gasteiger partial charge in [0.1, 0.15) is 6.04 Å². The highest BCUT2D eigenvalue weighted by Gasteiger charge is 2.32. The van der Waals surface area contributed by atoms with E-state index in [0.717, 1.165) is 57.7 Å². The van der Waals surface area contributed by atoms with Crippen LogP contribution in [0.1, 0.15) is 30.0 Å². The summed E-state index contributed by atoms with van der Waals surface area (Å²) in [6, 6.07) is 8.36. The number of rotatable bonds is 3. The number of likely N-dealkylation sites (tertiary alicyclic amines) is 1. The monoisotopic (exact) mass is 287 g/mol. The molecule has 0 radical (unpaired) electrons. The predicted molar refractivity (Wildman–Crippen MR) is 84.2 cm³/mol. The maximum Gasteiger partial charge on any atom is 0.244 e. The lowest BCUT2D eigenvalue weighted by Gasteiger charge is -2.36. The van der Waals surface area contributed by atoms with Crippen LogP contribution in [0, 0.1) is 6.92 Å². The summed E-state index contributed by atoms with van der Waals surface area (Å²) in [6.45, 7) is 7.76. The van der Waals surface area contributed by atoms with E-state index in [1.807, 2.05) is 4.90 Å². The number of carbonyl (C=O) groups is 1. The summed E-state index contributed by atoms with van der Waals surface area (Å²) in [4.78, 5) is 17.4. The molecule has 1 N–H and O–H groups in total. The molecule has 0 aliphatic carbocycles. The third-order valence-electron chi connectivity index (χ3n) is 4.56. The Hall–Kier alpha value is -1.39. The van der Waals surface area contributed by atoms with E-state index in [2.05, 4.69) is 41.4 Å². The minimum Gasteiger partial charge on any atom is -0.341 e. The standard InChI is InChI=1S/C17H25N3O/c1-14-4-6-15(7-5-14)16(19-12-8-18-9-13-19)17(21)20-10-2-3-11-20/h4-7,16,18H,2-3,8-13H2,1H3. The van der Waals surface area contributed by atoms with Crippen LogP contribution in [-0.4, -0.2) is 55.0 Å². The van der Waals surface area contributed by atoms with Gasteiger partial charge in [0.2, 0.25) is 5.91 Å². The minimum atomic E-state index is -0.106.